The molecule has 0 unspecified atom stereocenters. The lowest BCUT2D eigenvalue weighted by Gasteiger charge is -2.19. The minimum absolute atomic E-state index is 0.276. The molecule has 0 saturated carbocycles. The number of methoxy groups -OCH3 is 1. The number of nitrogens with zero attached hydrogens (tertiary/aromatic N) is 1. The van der Waals surface area contributed by atoms with E-state index in [1.54, 1.807) is 19.2 Å². The van der Waals surface area contributed by atoms with Crippen molar-refractivity contribution in [2.45, 2.75) is 17.9 Å². The van der Waals surface area contributed by atoms with Crippen LogP contribution in [0.15, 0.2) is 65.6 Å². The standard InChI is InChI=1S/C21H24N2O3S/c1-15(16-8-5-9-17(14-16)26-4)22-27(24,25)21-13-7-10-18-19(21)11-6-12-20(18)23(2)3/h5-15,22H,1-4H3/t15-/m1/s1. The molecular weight excluding hydrogens is 360 g/mol. The van der Waals surface area contributed by atoms with Gasteiger partial charge in [-0.2, -0.15) is 0 Å². The second-order valence-corrected chi connectivity index (χ2v) is 8.32. The predicted molar refractivity (Wildman–Crippen MR) is 110 cm³/mol. The summed E-state index contributed by atoms with van der Waals surface area (Å²) in [6.07, 6.45) is 0. The van der Waals surface area contributed by atoms with Gasteiger partial charge in [-0.3, -0.25) is 0 Å². The molecule has 0 heterocycles. The zero-order valence-electron chi connectivity index (χ0n) is 15.9. The first-order valence-electron chi connectivity index (χ1n) is 8.69. The van der Waals surface area contributed by atoms with Gasteiger partial charge in [-0.05, 0) is 36.8 Å². The van der Waals surface area contributed by atoms with Gasteiger partial charge in [0, 0.05) is 36.6 Å². The Labute approximate surface area is 160 Å². The molecule has 0 spiro atoms. The number of nitrogens with one attached hydrogen (secondary N) is 1. The zero-order valence-corrected chi connectivity index (χ0v) is 16.7. The van der Waals surface area contributed by atoms with Crippen molar-refractivity contribution in [2.75, 3.05) is 26.1 Å². The molecule has 0 amide bonds. The Hall–Kier alpha value is -2.57. The third-order valence-corrected chi connectivity index (χ3v) is 6.15. The van der Waals surface area contributed by atoms with E-state index in [1.165, 1.54) is 0 Å². The second-order valence-electron chi connectivity index (χ2n) is 6.64. The topological polar surface area (TPSA) is 58.6 Å². The number of hydrogen-bond donors (Lipinski definition) is 1. The van der Waals surface area contributed by atoms with Gasteiger partial charge in [0.05, 0.1) is 12.0 Å². The zero-order chi connectivity index (χ0) is 19.6. The first kappa shape index (κ1) is 19.2. The molecule has 5 nitrogen and oxygen atoms in total. The number of anilines is 1. The van der Waals surface area contributed by atoms with Crippen molar-refractivity contribution >= 4 is 26.5 Å². The highest BCUT2D eigenvalue weighted by atomic mass is 32.2. The first-order chi connectivity index (χ1) is 12.8. The quantitative estimate of drug-likeness (QED) is 0.699. The summed E-state index contributed by atoms with van der Waals surface area (Å²) in [6.45, 7) is 1.82. The molecule has 0 saturated heterocycles. The maximum atomic E-state index is 13.1. The lowest BCUT2D eigenvalue weighted by molar-refractivity contribution is 0.413. The van der Waals surface area contributed by atoms with E-state index in [-0.39, 0.29) is 4.90 Å². The van der Waals surface area contributed by atoms with Gasteiger partial charge in [0.15, 0.2) is 0 Å². The Morgan fingerprint density at radius 2 is 1.63 bits per heavy atom. The lowest BCUT2D eigenvalue weighted by Crippen LogP contribution is -2.27. The van der Waals surface area contributed by atoms with Crippen LogP contribution in [0, 0.1) is 0 Å². The Kier molecular flexibility index (Phi) is 5.39. The summed E-state index contributed by atoms with van der Waals surface area (Å²) < 4.78 is 34.2. The largest absolute Gasteiger partial charge is 0.497 e. The molecule has 0 aliphatic rings. The number of sulfonamides is 1. The monoisotopic (exact) mass is 384 g/mol. The van der Waals surface area contributed by atoms with Crippen LogP contribution in [-0.2, 0) is 10.0 Å². The number of rotatable bonds is 6. The highest BCUT2D eigenvalue weighted by molar-refractivity contribution is 7.89. The molecule has 27 heavy (non-hydrogen) atoms. The molecule has 0 aliphatic heterocycles. The fourth-order valence-electron chi connectivity index (χ4n) is 3.16. The summed E-state index contributed by atoms with van der Waals surface area (Å²) in [5.74, 6) is 0.694. The minimum atomic E-state index is -3.71. The maximum Gasteiger partial charge on any atom is 0.241 e. The highest BCUT2D eigenvalue weighted by Crippen LogP contribution is 2.31. The van der Waals surface area contributed by atoms with Crippen molar-refractivity contribution in [3.63, 3.8) is 0 Å². The van der Waals surface area contributed by atoms with E-state index in [0.29, 0.717) is 11.1 Å². The molecule has 1 atom stereocenters. The Balaban J connectivity index is 2.01. The fourth-order valence-corrected chi connectivity index (χ4v) is 4.62. The maximum absolute atomic E-state index is 13.1. The molecule has 0 aromatic heterocycles. The summed E-state index contributed by atoms with van der Waals surface area (Å²) in [7, 11) is 1.77. The average Bonchev–Trinajstić information content (AvgIpc) is 2.66. The van der Waals surface area contributed by atoms with E-state index >= 15 is 0 Å². The van der Waals surface area contributed by atoms with Crippen molar-refractivity contribution in [1.82, 2.24) is 4.72 Å². The molecule has 3 rings (SSSR count). The van der Waals surface area contributed by atoms with Crippen LogP contribution in [0.4, 0.5) is 5.69 Å². The van der Waals surface area contributed by atoms with Gasteiger partial charge in [0.1, 0.15) is 5.75 Å². The van der Waals surface area contributed by atoms with Crippen LogP contribution in [0.25, 0.3) is 10.8 Å². The Bertz CT molecular complexity index is 1060. The van der Waals surface area contributed by atoms with E-state index < -0.39 is 16.1 Å². The molecule has 0 aliphatic carbocycles. The van der Waals surface area contributed by atoms with Crippen molar-refractivity contribution in [3.8, 4) is 5.75 Å². The van der Waals surface area contributed by atoms with Crippen LogP contribution >= 0.6 is 0 Å². The number of hydrogen-bond acceptors (Lipinski definition) is 4. The van der Waals surface area contributed by atoms with Crippen LogP contribution in [0.5, 0.6) is 5.75 Å². The molecule has 3 aromatic carbocycles. The number of benzene rings is 3. The Morgan fingerprint density at radius 3 is 2.33 bits per heavy atom. The van der Waals surface area contributed by atoms with E-state index in [4.69, 9.17) is 4.74 Å². The number of fused-ring (bicyclic) bond motifs is 1. The van der Waals surface area contributed by atoms with Crippen LogP contribution < -0.4 is 14.4 Å². The van der Waals surface area contributed by atoms with E-state index in [0.717, 1.165) is 16.6 Å². The predicted octanol–water partition coefficient (Wildman–Crippen LogP) is 3.95. The summed E-state index contributed by atoms with van der Waals surface area (Å²) in [6, 6.07) is 18.1. The normalized spacial score (nSPS) is 12.7. The van der Waals surface area contributed by atoms with Gasteiger partial charge < -0.3 is 9.64 Å². The molecule has 0 bridgehead atoms. The van der Waals surface area contributed by atoms with Gasteiger partial charge >= 0.3 is 0 Å². The van der Waals surface area contributed by atoms with Gasteiger partial charge in [-0.25, -0.2) is 13.1 Å². The van der Waals surface area contributed by atoms with Crippen molar-refractivity contribution in [1.29, 1.82) is 0 Å². The summed E-state index contributed by atoms with van der Waals surface area (Å²) in [5.41, 5.74) is 1.82. The molecule has 0 radical (unpaired) electrons. The lowest BCUT2D eigenvalue weighted by atomic mass is 10.1. The first-order valence-corrected chi connectivity index (χ1v) is 10.2. The highest BCUT2D eigenvalue weighted by Gasteiger charge is 2.21. The third kappa shape index (κ3) is 3.91. The van der Waals surface area contributed by atoms with Gasteiger partial charge in [0.25, 0.3) is 0 Å². The Morgan fingerprint density at radius 1 is 0.963 bits per heavy atom. The smallest absolute Gasteiger partial charge is 0.241 e. The summed E-state index contributed by atoms with van der Waals surface area (Å²) >= 11 is 0. The van der Waals surface area contributed by atoms with Crippen LogP contribution in [0.3, 0.4) is 0 Å². The minimum Gasteiger partial charge on any atom is -0.497 e. The molecule has 6 heteroatoms. The van der Waals surface area contributed by atoms with Crippen LogP contribution in [0.1, 0.15) is 18.5 Å². The molecular formula is C21H24N2O3S. The van der Waals surface area contributed by atoms with E-state index in [1.807, 2.05) is 74.4 Å². The molecule has 3 aromatic rings. The SMILES string of the molecule is COc1cccc([C@@H](C)NS(=O)(=O)c2cccc3c(N(C)C)cccc23)c1. The second kappa shape index (κ2) is 7.58. The van der Waals surface area contributed by atoms with Crippen LogP contribution in [-0.4, -0.2) is 29.6 Å². The van der Waals surface area contributed by atoms with Crippen molar-refractivity contribution in [3.05, 3.63) is 66.2 Å². The van der Waals surface area contributed by atoms with Crippen LogP contribution in [0.2, 0.25) is 0 Å². The van der Waals surface area contributed by atoms with Crippen molar-refractivity contribution in [2.24, 2.45) is 0 Å². The van der Waals surface area contributed by atoms with Gasteiger partial charge in [-0.1, -0.05) is 36.4 Å². The molecule has 0 fully saturated rings. The summed E-state index contributed by atoms with van der Waals surface area (Å²) in [4.78, 5) is 2.25. The third-order valence-electron chi connectivity index (χ3n) is 4.56. The fraction of sp³-hybridized carbons (Fsp3) is 0.238. The number of ether oxygens (including phenoxy) is 1. The van der Waals surface area contributed by atoms with Gasteiger partial charge in [-0.15, -0.1) is 0 Å². The average molecular weight is 385 g/mol. The summed E-state index contributed by atoms with van der Waals surface area (Å²) in [5, 5.41) is 1.61. The molecule has 142 valence electrons. The molecule has 1 N–H and O–H groups in total. The van der Waals surface area contributed by atoms with E-state index in [2.05, 4.69) is 4.72 Å². The van der Waals surface area contributed by atoms with E-state index in [9.17, 15) is 8.42 Å². The van der Waals surface area contributed by atoms with Gasteiger partial charge in [0.2, 0.25) is 10.0 Å². The van der Waals surface area contributed by atoms with Crippen molar-refractivity contribution < 1.29 is 13.2 Å².